The van der Waals surface area contributed by atoms with Crippen LogP contribution in [0, 0.1) is 0 Å². The molecule has 1 atom stereocenters. The lowest BCUT2D eigenvalue weighted by molar-refractivity contribution is 0.473. The fraction of sp³-hybridized carbons (Fsp3) is 0.179. The highest BCUT2D eigenvalue weighted by Crippen LogP contribution is 2.52. The van der Waals surface area contributed by atoms with Crippen LogP contribution in [0.25, 0.3) is 22.3 Å². The van der Waals surface area contributed by atoms with E-state index in [0.29, 0.717) is 22.5 Å². The quantitative estimate of drug-likeness (QED) is 0.210. The molecule has 212 valence electrons. The van der Waals surface area contributed by atoms with Crippen molar-refractivity contribution in [2.75, 3.05) is 0 Å². The maximum atomic E-state index is 11.0. The van der Waals surface area contributed by atoms with Crippen molar-refractivity contribution in [3.8, 4) is 33.8 Å². The smallest absolute Gasteiger partial charge is 0.124 e. The number of hydrogen-bond donors (Lipinski definition) is 2. The monoisotopic (exact) mass is 562 g/mol. The fourth-order valence-corrected chi connectivity index (χ4v) is 6.93. The number of hydrogen-bond acceptors (Lipinski definition) is 4. The SMILES string of the molecule is CCC1(C)c2ccccc2-c2cc(O)c(/C=N/c3ccccc3/N=C/c3cc4c(cc3O)-c3ccccc3C4(C)C)cc21. The summed E-state index contributed by atoms with van der Waals surface area (Å²) >= 11 is 0. The minimum Gasteiger partial charge on any atom is -0.507 e. The van der Waals surface area contributed by atoms with Gasteiger partial charge in [-0.1, -0.05) is 88.4 Å². The fourth-order valence-electron chi connectivity index (χ4n) is 6.93. The Morgan fingerprint density at radius 1 is 0.558 bits per heavy atom. The zero-order valence-electron chi connectivity index (χ0n) is 24.9. The van der Waals surface area contributed by atoms with Crippen LogP contribution < -0.4 is 0 Å². The van der Waals surface area contributed by atoms with Crippen molar-refractivity contribution in [3.05, 3.63) is 130 Å². The van der Waals surface area contributed by atoms with Crippen LogP contribution in [0.15, 0.2) is 107 Å². The molecule has 43 heavy (non-hydrogen) atoms. The molecule has 4 nitrogen and oxygen atoms in total. The minimum absolute atomic E-state index is 0.127. The Hall–Kier alpha value is -4.96. The highest BCUT2D eigenvalue weighted by atomic mass is 16.3. The molecule has 5 aromatic carbocycles. The molecule has 1 unspecified atom stereocenters. The summed E-state index contributed by atoms with van der Waals surface area (Å²) < 4.78 is 0. The predicted molar refractivity (Wildman–Crippen MR) is 177 cm³/mol. The average molecular weight is 563 g/mol. The molecule has 4 heteroatoms. The summed E-state index contributed by atoms with van der Waals surface area (Å²) in [5.41, 5.74) is 11.8. The van der Waals surface area contributed by atoms with Crippen LogP contribution in [-0.2, 0) is 10.8 Å². The summed E-state index contributed by atoms with van der Waals surface area (Å²) in [6.45, 7) is 8.92. The summed E-state index contributed by atoms with van der Waals surface area (Å²) in [7, 11) is 0. The van der Waals surface area contributed by atoms with Gasteiger partial charge in [-0.05, 0) is 87.3 Å². The van der Waals surface area contributed by atoms with Crippen molar-refractivity contribution >= 4 is 23.8 Å². The molecular formula is C39H34N2O2. The zero-order valence-corrected chi connectivity index (χ0v) is 24.9. The summed E-state index contributed by atoms with van der Waals surface area (Å²) in [6, 6.07) is 32.3. The van der Waals surface area contributed by atoms with E-state index in [2.05, 4.69) is 76.2 Å². The van der Waals surface area contributed by atoms with Crippen molar-refractivity contribution in [3.63, 3.8) is 0 Å². The van der Waals surface area contributed by atoms with Gasteiger partial charge in [0.1, 0.15) is 11.5 Å². The topological polar surface area (TPSA) is 65.2 Å². The van der Waals surface area contributed by atoms with Gasteiger partial charge < -0.3 is 10.2 Å². The first-order valence-electron chi connectivity index (χ1n) is 14.8. The molecule has 0 saturated carbocycles. The summed E-state index contributed by atoms with van der Waals surface area (Å²) in [5.74, 6) is 0.393. The number of aliphatic imine (C=N–C) groups is 2. The number of benzene rings is 5. The van der Waals surface area contributed by atoms with E-state index in [1.807, 2.05) is 48.5 Å². The van der Waals surface area contributed by atoms with E-state index >= 15 is 0 Å². The second-order valence-corrected chi connectivity index (χ2v) is 12.3. The Morgan fingerprint density at radius 3 is 1.60 bits per heavy atom. The Morgan fingerprint density at radius 2 is 1.02 bits per heavy atom. The summed E-state index contributed by atoms with van der Waals surface area (Å²) in [6.07, 6.45) is 4.38. The third-order valence-corrected chi connectivity index (χ3v) is 9.58. The summed E-state index contributed by atoms with van der Waals surface area (Å²) in [4.78, 5) is 9.52. The lowest BCUT2D eigenvalue weighted by Crippen LogP contribution is -2.19. The second-order valence-electron chi connectivity index (χ2n) is 12.3. The van der Waals surface area contributed by atoms with E-state index < -0.39 is 0 Å². The van der Waals surface area contributed by atoms with Gasteiger partial charge in [-0.25, -0.2) is 0 Å². The van der Waals surface area contributed by atoms with Gasteiger partial charge in [0, 0.05) is 34.4 Å². The van der Waals surface area contributed by atoms with Crippen LogP contribution in [0.2, 0.25) is 0 Å². The van der Waals surface area contributed by atoms with Gasteiger partial charge in [0.2, 0.25) is 0 Å². The number of phenolic OH excluding ortho intramolecular Hbond substituents is 2. The molecule has 0 heterocycles. The molecule has 2 aliphatic rings. The maximum absolute atomic E-state index is 11.0. The normalized spacial score (nSPS) is 17.7. The average Bonchev–Trinajstić information content (AvgIpc) is 3.39. The van der Waals surface area contributed by atoms with E-state index in [1.165, 1.54) is 33.4 Å². The first-order valence-corrected chi connectivity index (χ1v) is 14.8. The van der Waals surface area contributed by atoms with Crippen molar-refractivity contribution in [2.24, 2.45) is 9.98 Å². The highest BCUT2D eigenvalue weighted by Gasteiger charge is 2.38. The molecular weight excluding hydrogens is 528 g/mol. The van der Waals surface area contributed by atoms with E-state index in [1.54, 1.807) is 12.4 Å². The van der Waals surface area contributed by atoms with Crippen LogP contribution in [0.1, 0.15) is 67.5 Å². The van der Waals surface area contributed by atoms with E-state index in [-0.39, 0.29) is 22.3 Å². The number of para-hydroxylation sites is 2. The van der Waals surface area contributed by atoms with E-state index in [9.17, 15) is 10.2 Å². The van der Waals surface area contributed by atoms with Crippen LogP contribution in [0.3, 0.4) is 0 Å². The molecule has 0 bridgehead atoms. The van der Waals surface area contributed by atoms with Crippen molar-refractivity contribution in [2.45, 2.75) is 44.9 Å². The molecule has 0 radical (unpaired) electrons. The number of nitrogens with zero attached hydrogens (tertiary/aromatic N) is 2. The van der Waals surface area contributed by atoms with E-state index in [0.717, 1.165) is 17.5 Å². The minimum atomic E-state index is -0.169. The van der Waals surface area contributed by atoms with Gasteiger partial charge in [-0.15, -0.1) is 0 Å². The van der Waals surface area contributed by atoms with Gasteiger partial charge >= 0.3 is 0 Å². The third-order valence-electron chi connectivity index (χ3n) is 9.58. The van der Waals surface area contributed by atoms with Crippen molar-refractivity contribution in [1.29, 1.82) is 0 Å². The molecule has 0 spiro atoms. The van der Waals surface area contributed by atoms with Gasteiger partial charge in [0.15, 0.2) is 0 Å². The number of fused-ring (bicyclic) bond motifs is 6. The molecule has 2 N–H and O–H groups in total. The number of phenols is 2. The predicted octanol–water partition coefficient (Wildman–Crippen LogP) is 9.60. The van der Waals surface area contributed by atoms with Gasteiger partial charge in [-0.2, -0.15) is 0 Å². The lowest BCUT2D eigenvalue weighted by Gasteiger charge is -2.26. The Balaban J connectivity index is 1.22. The molecule has 0 aliphatic heterocycles. The lowest BCUT2D eigenvalue weighted by atomic mass is 9.77. The molecule has 7 rings (SSSR count). The molecule has 0 amide bonds. The van der Waals surface area contributed by atoms with Gasteiger partial charge in [0.05, 0.1) is 11.4 Å². The molecule has 0 saturated heterocycles. The van der Waals surface area contributed by atoms with Crippen LogP contribution in [0.5, 0.6) is 11.5 Å². The summed E-state index contributed by atoms with van der Waals surface area (Å²) in [5, 5.41) is 22.0. The van der Waals surface area contributed by atoms with Crippen LogP contribution >= 0.6 is 0 Å². The maximum Gasteiger partial charge on any atom is 0.124 e. The Labute approximate surface area is 252 Å². The third kappa shape index (κ3) is 4.12. The Kier molecular flexibility index (Phi) is 6.14. The number of rotatable bonds is 5. The molecule has 0 fully saturated rings. The van der Waals surface area contributed by atoms with E-state index in [4.69, 9.17) is 9.98 Å². The second kappa shape index (κ2) is 9.81. The van der Waals surface area contributed by atoms with Gasteiger partial charge in [-0.3, -0.25) is 9.98 Å². The molecule has 5 aromatic rings. The first kappa shape index (κ1) is 26.9. The van der Waals surface area contributed by atoms with Crippen LogP contribution in [-0.4, -0.2) is 22.6 Å². The largest absolute Gasteiger partial charge is 0.507 e. The first-order chi connectivity index (χ1) is 20.7. The molecule has 2 aliphatic carbocycles. The molecule has 0 aromatic heterocycles. The zero-order chi connectivity index (χ0) is 29.9. The van der Waals surface area contributed by atoms with Gasteiger partial charge in [0.25, 0.3) is 0 Å². The standard InChI is InChI=1S/C39H34N2O2/c1-5-39(4)31-15-9-7-13-27(31)29-21-37(43)25(19-33(29)39)23-41-35-17-11-10-16-34(35)40-22-24-18-32-28(20-36(24)42)26-12-6-8-14-30(26)38(32,2)3/h6-23,42-43H,5H2,1-4H3/b40-22+,41-23+. The number of aromatic hydroxyl groups is 2. The van der Waals surface area contributed by atoms with Crippen LogP contribution in [0.4, 0.5) is 11.4 Å². The van der Waals surface area contributed by atoms with Crippen molar-refractivity contribution < 1.29 is 10.2 Å². The Bertz CT molecular complexity index is 1980. The highest BCUT2D eigenvalue weighted by molar-refractivity contribution is 5.94. The van der Waals surface area contributed by atoms with Crippen molar-refractivity contribution in [1.82, 2.24) is 0 Å².